The number of ether oxygens (including phenoxy) is 1. The molecular formula is C14H21NO. The van der Waals surface area contributed by atoms with E-state index in [1.807, 2.05) is 6.07 Å². The minimum Gasteiger partial charge on any atom is -0.497 e. The minimum atomic E-state index is 0.207. The predicted molar refractivity (Wildman–Crippen MR) is 66.9 cm³/mol. The molecule has 0 radical (unpaired) electrons. The van der Waals surface area contributed by atoms with E-state index in [1.165, 1.54) is 36.8 Å². The van der Waals surface area contributed by atoms with Gasteiger partial charge in [-0.05, 0) is 43.0 Å². The third kappa shape index (κ3) is 1.82. The third-order valence-corrected chi connectivity index (χ3v) is 3.97. The predicted octanol–water partition coefficient (Wildman–Crippen LogP) is 2.77. The Bertz CT molecular complexity index is 367. The molecule has 0 aliphatic heterocycles. The van der Waals surface area contributed by atoms with E-state index in [1.54, 1.807) is 7.11 Å². The first-order chi connectivity index (χ1) is 7.72. The summed E-state index contributed by atoms with van der Waals surface area (Å²) in [6, 6.07) is 6.34. The van der Waals surface area contributed by atoms with Crippen molar-refractivity contribution in [2.24, 2.45) is 5.73 Å². The number of rotatable bonds is 3. The Labute approximate surface area is 97.8 Å². The van der Waals surface area contributed by atoms with Gasteiger partial charge >= 0.3 is 0 Å². The van der Waals surface area contributed by atoms with Gasteiger partial charge in [0.15, 0.2) is 0 Å². The fourth-order valence-corrected chi connectivity index (χ4v) is 2.93. The zero-order valence-electron chi connectivity index (χ0n) is 10.3. The molecule has 1 saturated carbocycles. The van der Waals surface area contributed by atoms with Crippen LogP contribution in [0.25, 0.3) is 0 Å². The first-order valence-electron chi connectivity index (χ1n) is 6.07. The van der Waals surface area contributed by atoms with Gasteiger partial charge < -0.3 is 10.5 Å². The van der Waals surface area contributed by atoms with Crippen molar-refractivity contribution in [3.8, 4) is 5.75 Å². The van der Waals surface area contributed by atoms with Gasteiger partial charge in [-0.1, -0.05) is 18.9 Å². The highest BCUT2D eigenvalue weighted by atomic mass is 16.5. The first-order valence-corrected chi connectivity index (χ1v) is 6.07. The van der Waals surface area contributed by atoms with Gasteiger partial charge in [0.05, 0.1) is 7.11 Å². The summed E-state index contributed by atoms with van der Waals surface area (Å²) in [4.78, 5) is 0. The molecule has 88 valence electrons. The molecule has 1 aromatic carbocycles. The second kappa shape index (κ2) is 4.46. The van der Waals surface area contributed by atoms with Gasteiger partial charge in [0.2, 0.25) is 0 Å². The van der Waals surface area contributed by atoms with E-state index < -0.39 is 0 Å². The van der Waals surface area contributed by atoms with E-state index in [-0.39, 0.29) is 5.41 Å². The quantitative estimate of drug-likeness (QED) is 0.848. The van der Waals surface area contributed by atoms with Crippen LogP contribution >= 0.6 is 0 Å². The number of aryl methyl sites for hydroxylation is 1. The van der Waals surface area contributed by atoms with Gasteiger partial charge in [0, 0.05) is 12.0 Å². The van der Waals surface area contributed by atoms with Crippen LogP contribution in [0.2, 0.25) is 0 Å². The van der Waals surface area contributed by atoms with Crippen LogP contribution in [-0.2, 0) is 5.41 Å². The molecule has 0 aromatic heterocycles. The van der Waals surface area contributed by atoms with Gasteiger partial charge in [0.25, 0.3) is 0 Å². The summed E-state index contributed by atoms with van der Waals surface area (Å²) < 4.78 is 5.32. The first kappa shape index (κ1) is 11.5. The number of hydrogen-bond acceptors (Lipinski definition) is 2. The zero-order valence-corrected chi connectivity index (χ0v) is 10.3. The summed E-state index contributed by atoms with van der Waals surface area (Å²) in [7, 11) is 1.72. The Balaban J connectivity index is 2.44. The van der Waals surface area contributed by atoms with Crippen molar-refractivity contribution in [2.75, 3.05) is 13.7 Å². The fraction of sp³-hybridized carbons (Fsp3) is 0.571. The molecule has 1 aliphatic carbocycles. The van der Waals surface area contributed by atoms with Crippen LogP contribution in [0.5, 0.6) is 5.75 Å². The van der Waals surface area contributed by atoms with Gasteiger partial charge in [-0.3, -0.25) is 0 Å². The number of nitrogens with two attached hydrogens (primary N) is 1. The van der Waals surface area contributed by atoms with Crippen molar-refractivity contribution in [3.05, 3.63) is 29.3 Å². The highest BCUT2D eigenvalue weighted by Crippen LogP contribution is 2.42. The lowest BCUT2D eigenvalue weighted by molar-refractivity contribution is 0.407. The third-order valence-electron chi connectivity index (χ3n) is 3.97. The van der Waals surface area contributed by atoms with Gasteiger partial charge in [-0.25, -0.2) is 0 Å². The maximum atomic E-state index is 6.02. The van der Waals surface area contributed by atoms with E-state index in [0.717, 1.165) is 12.3 Å². The summed E-state index contributed by atoms with van der Waals surface area (Å²) in [5.41, 5.74) is 8.96. The molecule has 2 rings (SSSR count). The van der Waals surface area contributed by atoms with E-state index >= 15 is 0 Å². The Morgan fingerprint density at radius 2 is 2.00 bits per heavy atom. The Hall–Kier alpha value is -1.02. The van der Waals surface area contributed by atoms with Crippen LogP contribution in [-0.4, -0.2) is 13.7 Å². The van der Waals surface area contributed by atoms with Crippen LogP contribution in [0.4, 0.5) is 0 Å². The molecule has 0 amide bonds. The molecule has 0 atom stereocenters. The van der Waals surface area contributed by atoms with Crippen LogP contribution in [0.3, 0.4) is 0 Å². The molecule has 0 heterocycles. The number of hydrogen-bond donors (Lipinski definition) is 1. The lowest BCUT2D eigenvalue weighted by Crippen LogP contribution is -2.32. The fourth-order valence-electron chi connectivity index (χ4n) is 2.93. The van der Waals surface area contributed by atoms with Crippen LogP contribution < -0.4 is 10.5 Å². The Morgan fingerprint density at radius 1 is 1.31 bits per heavy atom. The SMILES string of the molecule is COc1ccc(C)c(C2(CN)CCCC2)c1. The van der Waals surface area contributed by atoms with Crippen molar-refractivity contribution in [2.45, 2.75) is 38.0 Å². The molecule has 0 unspecified atom stereocenters. The maximum absolute atomic E-state index is 6.02. The smallest absolute Gasteiger partial charge is 0.119 e. The van der Waals surface area contributed by atoms with Crippen molar-refractivity contribution in [3.63, 3.8) is 0 Å². The topological polar surface area (TPSA) is 35.2 Å². The summed E-state index contributed by atoms with van der Waals surface area (Å²) in [5, 5.41) is 0. The Morgan fingerprint density at radius 3 is 2.56 bits per heavy atom. The zero-order chi connectivity index (χ0) is 11.6. The highest BCUT2D eigenvalue weighted by molar-refractivity contribution is 5.41. The normalized spacial score (nSPS) is 18.7. The van der Waals surface area contributed by atoms with E-state index in [4.69, 9.17) is 10.5 Å². The average molecular weight is 219 g/mol. The molecule has 0 bridgehead atoms. The monoisotopic (exact) mass is 219 g/mol. The van der Waals surface area contributed by atoms with Crippen molar-refractivity contribution >= 4 is 0 Å². The van der Waals surface area contributed by atoms with Crippen molar-refractivity contribution in [1.82, 2.24) is 0 Å². The lowest BCUT2D eigenvalue weighted by Gasteiger charge is -2.30. The number of methoxy groups -OCH3 is 1. The largest absolute Gasteiger partial charge is 0.497 e. The molecule has 2 nitrogen and oxygen atoms in total. The molecule has 0 spiro atoms. The summed E-state index contributed by atoms with van der Waals surface area (Å²) in [5.74, 6) is 0.945. The molecule has 1 aliphatic rings. The van der Waals surface area contributed by atoms with Crippen molar-refractivity contribution < 1.29 is 4.74 Å². The van der Waals surface area contributed by atoms with Gasteiger partial charge in [0.1, 0.15) is 5.75 Å². The molecule has 1 aromatic rings. The van der Waals surface area contributed by atoms with Gasteiger partial charge in [-0.2, -0.15) is 0 Å². The van der Waals surface area contributed by atoms with Crippen LogP contribution in [0, 0.1) is 6.92 Å². The van der Waals surface area contributed by atoms with Crippen LogP contribution in [0.15, 0.2) is 18.2 Å². The number of benzene rings is 1. The molecule has 0 saturated heterocycles. The molecule has 16 heavy (non-hydrogen) atoms. The van der Waals surface area contributed by atoms with E-state index in [2.05, 4.69) is 19.1 Å². The highest BCUT2D eigenvalue weighted by Gasteiger charge is 2.35. The second-order valence-electron chi connectivity index (χ2n) is 4.87. The Kier molecular flexibility index (Phi) is 3.20. The molecule has 1 fully saturated rings. The lowest BCUT2D eigenvalue weighted by atomic mass is 9.77. The van der Waals surface area contributed by atoms with E-state index in [0.29, 0.717) is 0 Å². The van der Waals surface area contributed by atoms with Gasteiger partial charge in [-0.15, -0.1) is 0 Å². The van der Waals surface area contributed by atoms with Crippen molar-refractivity contribution in [1.29, 1.82) is 0 Å². The second-order valence-corrected chi connectivity index (χ2v) is 4.87. The summed E-state index contributed by atoms with van der Waals surface area (Å²) in [6.45, 7) is 2.92. The molecule has 2 heteroatoms. The standard InChI is InChI=1S/C14H21NO/c1-11-5-6-12(16-2)9-13(11)14(10-15)7-3-4-8-14/h5-6,9H,3-4,7-8,10,15H2,1-2H3. The summed E-state index contributed by atoms with van der Waals surface area (Å²) >= 11 is 0. The summed E-state index contributed by atoms with van der Waals surface area (Å²) in [6.07, 6.45) is 5.04. The maximum Gasteiger partial charge on any atom is 0.119 e. The minimum absolute atomic E-state index is 0.207. The molecule has 2 N–H and O–H groups in total. The molecular weight excluding hydrogens is 198 g/mol. The van der Waals surface area contributed by atoms with E-state index in [9.17, 15) is 0 Å². The average Bonchev–Trinajstić information content (AvgIpc) is 2.79. The van der Waals surface area contributed by atoms with Crippen LogP contribution in [0.1, 0.15) is 36.8 Å².